The summed E-state index contributed by atoms with van der Waals surface area (Å²) in [5.41, 5.74) is 0.893. The van der Waals surface area contributed by atoms with Crippen LogP contribution in [0, 0.1) is 5.82 Å². The average Bonchev–Trinajstić information content (AvgIpc) is 2.43. The lowest BCUT2D eigenvalue weighted by molar-refractivity contribution is 0.199. The first-order valence-corrected chi connectivity index (χ1v) is 7.38. The van der Waals surface area contributed by atoms with Crippen LogP contribution in [0.5, 0.6) is 5.75 Å². The Bertz CT molecular complexity index is 371. The predicted octanol–water partition coefficient (Wildman–Crippen LogP) is 3.52. The molecule has 0 bridgehead atoms. The highest BCUT2D eigenvalue weighted by Crippen LogP contribution is 2.17. The number of unbranched alkanes of at least 4 members (excludes halogenated alkanes) is 3. The Morgan fingerprint density at radius 1 is 1.10 bits per heavy atom. The van der Waals surface area contributed by atoms with E-state index in [2.05, 4.69) is 12.2 Å². The van der Waals surface area contributed by atoms with Gasteiger partial charge in [-0.15, -0.1) is 0 Å². The second-order valence-corrected chi connectivity index (χ2v) is 4.87. The molecule has 0 unspecified atom stereocenters. The van der Waals surface area contributed by atoms with Gasteiger partial charge in [0.2, 0.25) is 0 Å². The molecule has 1 rings (SSSR count). The third kappa shape index (κ3) is 7.46. The first-order chi connectivity index (χ1) is 9.76. The fourth-order valence-electron chi connectivity index (χ4n) is 1.93. The Morgan fingerprint density at radius 2 is 1.95 bits per heavy atom. The summed E-state index contributed by atoms with van der Waals surface area (Å²) in [5, 5.41) is 3.19. The van der Waals surface area contributed by atoms with Gasteiger partial charge in [-0.3, -0.25) is 0 Å². The van der Waals surface area contributed by atoms with Crippen molar-refractivity contribution in [1.29, 1.82) is 0 Å². The molecule has 0 saturated heterocycles. The molecule has 0 saturated carbocycles. The summed E-state index contributed by atoms with van der Waals surface area (Å²) in [4.78, 5) is 0. The molecule has 0 heterocycles. The summed E-state index contributed by atoms with van der Waals surface area (Å²) >= 11 is 0. The fourth-order valence-corrected chi connectivity index (χ4v) is 1.93. The standard InChI is InChI=1S/C16H26FNO2/c1-3-4-5-6-8-20-16-11-14(10-15(17)12-16)13-18-7-9-19-2/h10-12,18H,3-9,13H2,1-2H3. The maximum atomic E-state index is 13.5. The van der Waals surface area contributed by atoms with Gasteiger partial charge in [-0.1, -0.05) is 26.2 Å². The molecule has 0 amide bonds. The molecule has 114 valence electrons. The van der Waals surface area contributed by atoms with Gasteiger partial charge >= 0.3 is 0 Å². The van der Waals surface area contributed by atoms with E-state index in [1.165, 1.54) is 25.0 Å². The molecule has 3 nitrogen and oxygen atoms in total. The Labute approximate surface area is 121 Å². The van der Waals surface area contributed by atoms with Crippen molar-refractivity contribution in [2.75, 3.05) is 26.9 Å². The average molecular weight is 283 g/mol. The largest absolute Gasteiger partial charge is 0.493 e. The molecule has 1 aromatic rings. The molecule has 0 aliphatic carbocycles. The summed E-state index contributed by atoms with van der Waals surface area (Å²) in [5.74, 6) is 0.365. The molecule has 0 aliphatic heterocycles. The topological polar surface area (TPSA) is 30.5 Å². The predicted molar refractivity (Wildman–Crippen MR) is 79.6 cm³/mol. The van der Waals surface area contributed by atoms with Crippen molar-refractivity contribution in [3.05, 3.63) is 29.6 Å². The van der Waals surface area contributed by atoms with Gasteiger partial charge in [-0.25, -0.2) is 4.39 Å². The monoisotopic (exact) mass is 283 g/mol. The van der Waals surface area contributed by atoms with E-state index in [9.17, 15) is 4.39 Å². The fraction of sp³-hybridized carbons (Fsp3) is 0.625. The lowest BCUT2D eigenvalue weighted by Gasteiger charge is -2.09. The minimum atomic E-state index is -0.250. The van der Waals surface area contributed by atoms with Crippen LogP contribution >= 0.6 is 0 Å². The molecule has 0 aliphatic rings. The molecular formula is C16H26FNO2. The Hall–Kier alpha value is -1.13. The molecule has 0 atom stereocenters. The number of hydrogen-bond acceptors (Lipinski definition) is 3. The number of ether oxygens (including phenoxy) is 2. The van der Waals surface area contributed by atoms with Gasteiger partial charge in [0.1, 0.15) is 11.6 Å². The first kappa shape index (κ1) is 16.9. The Balaban J connectivity index is 2.36. The van der Waals surface area contributed by atoms with Crippen molar-refractivity contribution in [1.82, 2.24) is 5.32 Å². The van der Waals surface area contributed by atoms with Crippen LogP contribution in [0.1, 0.15) is 38.2 Å². The third-order valence-electron chi connectivity index (χ3n) is 3.01. The van der Waals surface area contributed by atoms with E-state index >= 15 is 0 Å². The number of hydrogen-bond donors (Lipinski definition) is 1. The van der Waals surface area contributed by atoms with Crippen LogP contribution in [-0.2, 0) is 11.3 Å². The van der Waals surface area contributed by atoms with Gasteiger partial charge in [-0.05, 0) is 24.1 Å². The summed E-state index contributed by atoms with van der Waals surface area (Å²) in [6.45, 7) is 4.85. The normalized spacial score (nSPS) is 10.8. The zero-order valence-electron chi connectivity index (χ0n) is 12.6. The van der Waals surface area contributed by atoms with Crippen LogP contribution in [0.3, 0.4) is 0 Å². The molecule has 1 N–H and O–H groups in total. The summed E-state index contributed by atoms with van der Waals surface area (Å²) < 4.78 is 24.1. The highest BCUT2D eigenvalue weighted by molar-refractivity contribution is 5.29. The van der Waals surface area contributed by atoms with Crippen molar-refractivity contribution in [3.8, 4) is 5.75 Å². The minimum Gasteiger partial charge on any atom is -0.493 e. The van der Waals surface area contributed by atoms with Gasteiger partial charge in [-0.2, -0.15) is 0 Å². The van der Waals surface area contributed by atoms with E-state index in [4.69, 9.17) is 9.47 Å². The zero-order valence-corrected chi connectivity index (χ0v) is 12.6. The molecule has 0 spiro atoms. The highest BCUT2D eigenvalue weighted by atomic mass is 19.1. The van der Waals surface area contributed by atoms with Crippen molar-refractivity contribution in [2.45, 2.75) is 39.2 Å². The van der Waals surface area contributed by atoms with E-state index < -0.39 is 0 Å². The molecule has 4 heteroatoms. The van der Waals surface area contributed by atoms with Crippen LogP contribution < -0.4 is 10.1 Å². The summed E-state index contributed by atoms with van der Waals surface area (Å²) in [6.07, 6.45) is 4.61. The third-order valence-corrected chi connectivity index (χ3v) is 3.01. The lowest BCUT2D eigenvalue weighted by atomic mass is 10.2. The Morgan fingerprint density at radius 3 is 2.70 bits per heavy atom. The Kier molecular flexibility index (Phi) is 9.00. The van der Waals surface area contributed by atoms with Crippen LogP contribution in [-0.4, -0.2) is 26.9 Å². The van der Waals surface area contributed by atoms with Crippen molar-refractivity contribution >= 4 is 0 Å². The van der Waals surface area contributed by atoms with Crippen molar-refractivity contribution in [2.24, 2.45) is 0 Å². The van der Waals surface area contributed by atoms with Crippen LogP contribution in [0.2, 0.25) is 0 Å². The van der Waals surface area contributed by atoms with Gasteiger partial charge in [0, 0.05) is 26.3 Å². The van der Waals surface area contributed by atoms with Gasteiger partial charge in [0.15, 0.2) is 0 Å². The SMILES string of the molecule is CCCCCCOc1cc(F)cc(CNCCOC)c1. The number of rotatable bonds is 11. The van der Waals surface area contributed by atoms with E-state index in [0.29, 0.717) is 25.5 Å². The molecule has 0 radical (unpaired) electrons. The molecular weight excluding hydrogens is 257 g/mol. The minimum absolute atomic E-state index is 0.250. The van der Waals surface area contributed by atoms with Gasteiger partial charge < -0.3 is 14.8 Å². The number of nitrogens with one attached hydrogen (secondary N) is 1. The lowest BCUT2D eigenvalue weighted by Crippen LogP contribution is -2.18. The first-order valence-electron chi connectivity index (χ1n) is 7.38. The zero-order chi connectivity index (χ0) is 14.6. The van der Waals surface area contributed by atoms with Crippen molar-refractivity contribution in [3.63, 3.8) is 0 Å². The molecule has 1 aromatic carbocycles. The van der Waals surface area contributed by atoms with Crippen LogP contribution in [0.25, 0.3) is 0 Å². The molecule has 0 fully saturated rings. The highest BCUT2D eigenvalue weighted by Gasteiger charge is 2.02. The second kappa shape index (κ2) is 10.6. The van der Waals surface area contributed by atoms with Crippen LogP contribution in [0.4, 0.5) is 4.39 Å². The molecule has 20 heavy (non-hydrogen) atoms. The second-order valence-electron chi connectivity index (χ2n) is 4.87. The smallest absolute Gasteiger partial charge is 0.127 e. The molecule has 0 aromatic heterocycles. The summed E-state index contributed by atoms with van der Waals surface area (Å²) in [6, 6.07) is 4.87. The van der Waals surface area contributed by atoms with E-state index in [1.807, 2.05) is 6.07 Å². The van der Waals surface area contributed by atoms with E-state index in [-0.39, 0.29) is 5.82 Å². The number of halogens is 1. The number of benzene rings is 1. The van der Waals surface area contributed by atoms with Crippen LogP contribution in [0.15, 0.2) is 18.2 Å². The maximum Gasteiger partial charge on any atom is 0.127 e. The number of methoxy groups -OCH3 is 1. The van der Waals surface area contributed by atoms with E-state index in [1.54, 1.807) is 7.11 Å². The quantitative estimate of drug-likeness (QED) is 0.630. The maximum absolute atomic E-state index is 13.5. The van der Waals surface area contributed by atoms with Gasteiger partial charge in [0.05, 0.1) is 13.2 Å². The summed E-state index contributed by atoms with van der Waals surface area (Å²) in [7, 11) is 1.66. The van der Waals surface area contributed by atoms with E-state index in [0.717, 1.165) is 24.9 Å². The van der Waals surface area contributed by atoms with Gasteiger partial charge in [0.25, 0.3) is 0 Å². The van der Waals surface area contributed by atoms with Crippen molar-refractivity contribution < 1.29 is 13.9 Å².